The maximum absolute atomic E-state index is 13.5. The van der Waals surface area contributed by atoms with Crippen LogP contribution < -0.4 is 10.2 Å². The predicted molar refractivity (Wildman–Crippen MR) is 129 cm³/mol. The molecule has 0 radical (unpaired) electrons. The smallest absolute Gasteiger partial charge is 0.258 e. The molecular weight excluding hydrogens is 414 g/mol. The van der Waals surface area contributed by atoms with Crippen molar-refractivity contribution >= 4 is 17.8 Å². The Bertz CT molecular complexity index is 1190. The largest absolute Gasteiger partial charge is 0.353 e. The fourth-order valence-corrected chi connectivity index (χ4v) is 4.20. The van der Waals surface area contributed by atoms with Gasteiger partial charge in [-0.25, -0.2) is 9.97 Å². The van der Waals surface area contributed by atoms with E-state index in [0.29, 0.717) is 36.7 Å². The topological polar surface area (TPSA) is 78.4 Å². The van der Waals surface area contributed by atoms with E-state index in [-0.39, 0.29) is 11.8 Å². The number of aryl methyl sites for hydroxylation is 2. The molecule has 0 aliphatic carbocycles. The van der Waals surface area contributed by atoms with E-state index in [4.69, 9.17) is 0 Å². The minimum atomic E-state index is -0.606. The Kier molecular flexibility index (Phi) is 6.40. The molecule has 0 spiro atoms. The highest BCUT2D eigenvalue weighted by Gasteiger charge is 2.35. The Labute approximate surface area is 194 Å². The summed E-state index contributed by atoms with van der Waals surface area (Å²) in [4.78, 5) is 38.6. The standard InChI is InChI=1S/C26H29N5O2/c1-17-8-7-10-19(14-17)21-11-6-5-9-20(21)15-23-24(32)27-12-13-31(23)25(33)22-16-28-26(30(3)4)29-18(22)2/h5-11,14,16,23H,12-13,15H2,1-4H3,(H,27,32). The first kappa shape index (κ1) is 22.5. The third-order valence-electron chi connectivity index (χ3n) is 5.95. The molecular formula is C26H29N5O2. The molecule has 2 heterocycles. The average molecular weight is 444 g/mol. The molecule has 2 aromatic carbocycles. The number of nitrogens with one attached hydrogen (secondary N) is 1. The summed E-state index contributed by atoms with van der Waals surface area (Å²) in [6.45, 7) is 4.73. The maximum Gasteiger partial charge on any atom is 0.258 e. The van der Waals surface area contributed by atoms with Gasteiger partial charge < -0.3 is 15.1 Å². The summed E-state index contributed by atoms with van der Waals surface area (Å²) in [5.41, 5.74) is 5.39. The van der Waals surface area contributed by atoms with Gasteiger partial charge in [0.1, 0.15) is 6.04 Å². The summed E-state index contributed by atoms with van der Waals surface area (Å²) in [6.07, 6.45) is 1.99. The number of anilines is 1. The van der Waals surface area contributed by atoms with E-state index >= 15 is 0 Å². The number of piperazine rings is 1. The minimum Gasteiger partial charge on any atom is -0.353 e. The Morgan fingerprint density at radius 1 is 1.15 bits per heavy atom. The highest BCUT2D eigenvalue weighted by Crippen LogP contribution is 2.27. The molecule has 7 heteroatoms. The van der Waals surface area contributed by atoms with Gasteiger partial charge >= 0.3 is 0 Å². The van der Waals surface area contributed by atoms with Gasteiger partial charge in [-0.1, -0.05) is 54.1 Å². The van der Waals surface area contributed by atoms with Crippen molar-refractivity contribution in [1.29, 1.82) is 0 Å². The molecule has 0 saturated carbocycles. The molecule has 2 amide bonds. The maximum atomic E-state index is 13.5. The normalized spacial score (nSPS) is 15.8. The van der Waals surface area contributed by atoms with E-state index < -0.39 is 6.04 Å². The molecule has 3 aromatic rings. The molecule has 170 valence electrons. The van der Waals surface area contributed by atoms with Gasteiger partial charge in [-0.15, -0.1) is 0 Å². The summed E-state index contributed by atoms with van der Waals surface area (Å²) in [5, 5.41) is 2.92. The van der Waals surface area contributed by atoms with Crippen LogP contribution >= 0.6 is 0 Å². The highest BCUT2D eigenvalue weighted by atomic mass is 16.2. The quantitative estimate of drug-likeness (QED) is 0.656. The second-order valence-electron chi connectivity index (χ2n) is 8.60. The van der Waals surface area contributed by atoms with Crippen molar-refractivity contribution in [3.8, 4) is 11.1 Å². The molecule has 4 rings (SSSR count). The van der Waals surface area contributed by atoms with Gasteiger partial charge in [0.25, 0.3) is 5.91 Å². The van der Waals surface area contributed by atoms with Crippen LogP contribution in [-0.2, 0) is 11.2 Å². The van der Waals surface area contributed by atoms with Crippen molar-refractivity contribution in [2.75, 3.05) is 32.1 Å². The number of amides is 2. The zero-order valence-electron chi connectivity index (χ0n) is 19.5. The molecule has 1 N–H and O–H groups in total. The second-order valence-corrected chi connectivity index (χ2v) is 8.60. The van der Waals surface area contributed by atoms with E-state index in [1.807, 2.05) is 38.4 Å². The van der Waals surface area contributed by atoms with Gasteiger partial charge in [-0.2, -0.15) is 0 Å². The average Bonchev–Trinajstić information content (AvgIpc) is 2.80. The number of hydrogen-bond donors (Lipinski definition) is 1. The van der Waals surface area contributed by atoms with E-state index in [9.17, 15) is 9.59 Å². The lowest BCUT2D eigenvalue weighted by molar-refractivity contribution is -0.127. The van der Waals surface area contributed by atoms with Crippen molar-refractivity contribution in [2.45, 2.75) is 26.3 Å². The van der Waals surface area contributed by atoms with Crippen LogP contribution in [0.1, 0.15) is 27.2 Å². The number of benzene rings is 2. The first-order valence-corrected chi connectivity index (χ1v) is 11.1. The summed E-state index contributed by atoms with van der Waals surface area (Å²) in [5.74, 6) is 0.187. The van der Waals surface area contributed by atoms with E-state index in [2.05, 4.69) is 46.5 Å². The number of carbonyl (C=O) groups excluding carboxylic acids is 2. The minimum absolute atomic E-state index is 0.142. The third-order valence-corrected chi connectivity index (χ3v) is 5.95. The SMILES string of the molecule is Cc1cccc(-c2ccccc2CC2C(=O)NCCN2C(=O)c2cnc(N(C)C)nc2C)c1. The molecule has 1 unspecified atom stereocenters. The van der Waals surface area contributed by atoms with Crippen LogP contribution in [0.2, 0.25) is 0 Å². The van der Waals surface area contributed by atoms with Gasteiger partial charge in [0.15, 0.2) is 0 Å². The van der Waals surface area contributed by atoms with Gasteiger partial charge in [-0.05, 0) is 30.5 Å². The van der Waals surface area contributed by atoms with Gasteiger partial charge in [0, 0.05) is 39.8 Å². The molecule has 1 aliphatic heterocycles. The molecule has 1 saturated heterocycles. The van der Waals surface area contributed by atoms with Gasteiger partial charge in [0.05, 0.1) is 11.3 Å². The fraction of sp³-hybridized carbons (Fsp3) is 0.308. The lowest BCUT2D eigenvalue weighted by atomic mass is 9.93. The Morgan fingerprint density at radius 2 is 1.94 bits per heavy atom. The number of rotatable bonds is 5. The van der Waals surface area contributed by atoms with E-state index in [1.54, 1.807) is 22.9 Å². The molecule has 1 aliphatic rings. The zero-order chi connectivity index (χ0) is 23.5. The lowest BCUT2D eigenvalue weighted by Crippen LogP contribution is -2.58. The molecule has 1 atom stereocenters. The molecule has 0 bridgehead atoms. The lowest BCUT2D eigenvalue weighted by Gasteiger charge is -2.35. The van der Waals surface area contributed by atoms with E-state index in [0.717, 1.165) is 16.7 Å². The van der Waals surface area contributed by atoms with Crippen LogP contribution in [0.4, 0.5) is 5.95 Å². The van der Waals surface area contributed by atoms with Gasteiger partial charge in [0.2, 0.25) is 11.9 Å². The second kappa shape index (κ2) is 9.40. The first-order chi connectivity index (χ1) is 15.8. The number of nitrogens with zero attached hydrogens (tertiary/aromatic N) is 4. The Morgan fingerprint density at radius 3 is 2.67 bits per heavy atom. The van der Waals surface area contributed by atoms with Crippen LogP contribution in [0.15, 0.2) is 54.7 Å². The van der Waals surface area contributed by atoms with Crippen LogP contribution in [0.3, 0.4) is 0 Å². The molecule has 1 fully saturated rings. The number of hydrogen-bond acceptors (Lipinski definition) is 5. The summed E-state index contributed by atoms with van der Waals surface area (Å²) in [6, 6.07) is 15.8. The summed E-state index contributed by atoms with van der Waals surface area (Å²) < 4.78 is 0. The van der Waals surface area contributed by atoms with Crippen LogP contribution in [0, 0.1) is 13.8 Å². The van der Waals surface area contributed by atoms with Crippen LogP contribution in [0.5, 0.6) is 0 Å². The van der Waals surface area contributed by atoms with Crippen LogP contribution in [0.25, 0.3) is 11.1 Å². The summed E-state index contributed by atoms with van der Waals surface area (Å²) in [7, 11) is 3.71. The van der Waals surface area contributed by atoms with E-state index in [1.165, 1.54) is 5.56 Å². The number of carbonyl (C=O) groups is 2. The third kappa shape index (κ3) is 4.72. The molecule has 1 aromatic heterocycles. The van der Waals surface area contributed by atoms with Crippen molar-refractivity contribution in [3.63, 3.8) is 0 Å². The first-order valence-electron chi connectivity index (χ1n) is 11.1. The van der Waals surface area contributed by atoms with Crippen molar-refractivity contribution in [1.82, 2.24) is 20.2 Å². The fourth-order valence-electron chi connectivity index (χ4n) is 4.20. The molecule has 33 heavy (non-hydrogen) atoms. The highest BCUT2D eigenvalue weighted by molar-refractivity contribution is 5.99. The summed E-state index contributed by atoms with van der Waals surface area (Å²) >= 11 is 0. The molecule has 7 nitrogen and oxygen atoms in total. The Balaban J connectivity index is 1.66. The monoisotopic (exact) mass is 443 g/mol. The van der Waals surface area contributed by atoms with Crippen molar-refractivity contribution in [3.05, 3.63) is 77.1 Å². The number of aromatic nitrogens is 2. The predicted octanol–water partition coefficient (Wildman–Crippen LogP) is 3.01. The van der Waals surface area contributed by atoms with Gasteiger partial charge in [-0.3, -0.25) is 9.59 Å². The Hall–Kier alpha value is -3.74. The van der Waals surface area contributed by atoms with Crippen molar-refractivity contribution in [2.24, 2.45) is 0 Å². The van der Waals surface area contributed by atoms with Crippen molar-refractivity contribution < 1.29 is 9.59 Å². The zero-order valence-corrected chi connectivity index (χ0v) is 19.5. The van der Waals surface area contributed by atoms with Crippen LogP contribution in [-0.4, -0.2) is 59.9 Å².